The maximum absolute atomic E-state index is 13.1. The van der Waals surface area contributed by atoms with Crippen LogP contribution in [0, 0.1) is 0 Å². The van der Waals surface area contributed by atoms with E-state index >= 15 is 0 Å². The fourth-order valence-corrected chi connectivity index (χ4v) is 5.44. The first-order valence-electron chi connectivity index (χ1n) is 13.0. The number of carbonyl (C=O) groups is 1. The molecule has 1 atom stereocenters. The number of anilines is 1. The molecule has 0 saturated heterocycles. The summed E-state index contributed by atoms with van der Waals surface area (Å²) in [5.74, 6) is 1.23. The average molecular weight is 563 g/mol. The number of nitrogens with one attached hydrogen (secondary N) is 1. The molecule has 4 aromatic rings. The van der Waals surface area contributed by atoms with Crippen LogP contribution >= 0.6 is 15.9 Å². The number of carbonyl (C=O) groups excluding carboxylic acids is 1. The van der Waals surface area contributed by atoms with Crippen LogP contribution in [0.25, 0.3) is 16.9 Å². The van der Waals surface area contributed by atoms with E-state index in [0.717, 1.165) is 45.6 Å². The van der Waals surface area contributed by atoms with Crippen LogP contribution in [-0.2, 0) is 4.79 Å². The minimum atomic E-state index is -0.339. The fraction of sp³-hybridized carbons (Fsp3) is 0.333. The van der Waals surface area contributed by atoms with E-state index in [4.69, 9.17) is 14.5 Å². The molecule has 1 aliphatic rings. The van der Waals surface area contributed by atoms with Crippen molar-refractivity contribution in [1.29, 1.82) is 0 Å². The van der Waals surface area contributed by atoms with E-state index < -0.39 is 0 Å². The lowest BCUT2D eigenvalue weighted by Gasteiger charge is -2.24. The first-order chi connectivity index (χ1) is 18.1. The Balaban J connectivity index is 1.47. The molecule has 192 valence electrons. The molecule has 2 heterocycles. The summed E-state index contributed by atoms with van der Waals surface area (Å²) in [6.07, 6.45) is 8.77. The molecule has 5 rings (SSSR count). The minimum Gasteiger partial charge on any atom is -0.493 e. The predicted molar refractivity (Wildman–Crippen MR) is 150 cm³/mol. The highest BCUT2D eigenvalue weighted by Gasteiger charge is 2.24. The van der Waals surface area contributed by atoms with Crippen LogP contribution in [0.15, 0.2) is 71.3 Å². The number of methoxy groups -OCH3 is 1. The van der Waals surface area contributed by atoms with Gasteiger partial charge in [0.25, 0.3) is 0 Å². The first kappa shape index (κ1) is 25.3. The number of nitrogens with zero attached hydrogens (tertiary/aromatic N) is 2. The average Bonchev–Trinajstić information content (AvgIpc) is 3.27. The smallest absolute Gasteiger partial charge is 0.318 e. The molecular weight excluding hydrogens is 530 g/mol. The quantitative estimate of drug-likeness (QED) is 0.177. The maximum atomic E-state index is 13.1. The van der Waals surface area contributed by atoms with Crippen LogP contribution in [0.4, 0.5) is 5.82 Å². The largest absolute Gasteiger partial charge is 0.493 e. The zero-order valence-corrected chi connectivity index (χ0v) is 22.8. The molecule has 7 heteroatoms. The Kier molecular flexibility index (Phi) is 7.79. The third kappa shape index (κ3) is 5.52. The number of ether oxygens (including phenoxy) is 2. The normalized spacial score (nSPS) is 14.9. The van der Waals surface area contributed by atoms with Crippen LogP contribution in [0.2, 0.25) is 0 Å². The van der Waals surface area contributed by atoms with Gasteiger partial charge in [0.2, 0.25) is 0 Å². The molecule has 2 aromatic carbocycles. The molecule has 6 nitrogen and oxygen atoms in total. The number of pyridine rings is 1. The van der Waals surface area contributed by atoms with Crippen molar-refractivity contribution >= 4 is 33.4 Å². The summed E-state index contributed by atoms with van der Waals surface area (Å²) in [4.78, 5) is 18.0. The van der Waals surface area contributed by atoms with Crippen molar-refractivity contribution in [1.82, 2.24) is 9.38 Å². The van der Waals surface area contributed by atoms with E-state index in [9.17, 15) is 4.79 Å². The number of esters is 1. The summed E-state index contributed by atoms with van der Waals surface area (Å²) in [6, 6.07) is 19.8. The molecule has 0 radical (unpaired) electrons. The van der Waals surface area contributed by atoms with Gasteiger partial charge in [0.15, 0.2) is 11.5 Å². The first-order valence-corrected chi connectivity index (χ1v) is 13.8. The van der Waals surface area contributed by atoms with Gasteiger partial charge in [-0.15, -0.1) is 0 Å². The number of benzene rings is 2. The summed E-state index contributed by atoms with van der Waals surface area (Å²) >= 11 is 3.60. The molecule has 1 fully saturated rings. The number of halogens is 1. The van der Waals surface area contributed by atoms with Gasteiger partial charge in [0.1, 0.15) is 17.2 Å². The van der Waals surface area contributed by atoms with Crippen LogP contribution < -0.4 is 14.8 Å². The van der Waals surface area contributed by atoms with Gasteiger partial charge in [-0.2, -0.15) is 0 Å². The Morgan fingerprint density at radius 3 is 2.59 bits per heavy atom. The zero-order valence-electron chi connectivity index (χ0n) is 21.2. The molecule has 2 aromatic heterocycles. The topological polar surface area (TPSA) is 64.9 Å². The zero-order chi connectivity index (χ0) is 25.8. The van der Waals surface area contributed by atoms with Gasteiger partial charge in [0, 0.05) is 22.3 Å². The lowest BCUT2D eigenvalue weighted by Crippen LogP contribution is -2.23. The maximum Gasteiger partial charge on any atom is 0.318 e. The highest BCUT2D eigenvalue weighted by atomic mass is 79.9. The molecule has 0 spiro atoms. The lowest BCUT2D eigenvalue weighted by molar-refractivity contribution is -0.136. The molecule has 37 heavy (non-hydrogen) atoms. The Morgan fingerprint density at radius 2 is 1.86 bits per heavy atom. The van der Waals surface area contributed by atoms with Crippen molar-refractivity contribution in [2.75, 3.05) is 12.4 Å². The highest BCUT2D eigenvalue weighted by Crippen LogP contribution is 2.38. The van der Waals surface area contributed by atoms with E-state index in [-0.39, 0.29) is 11.9 Å². The fourth-order valence-electron chi connectivity index (χ4n) is 5.10. The van der Waals surface area contributed by atoms with Crippen molar-refractivity contribution < 1.29 is 14.3 Å². The second-order valence-electron chi connectivity index (χ2n) is 9.52. The Hall–Kier alpha value is -3.32. The molecule has 1 saturated carbocycles. The van der Waals surface area contributed by atoms with E-state index in [1.807, 2.05) is 67.7 Å². The number of hydrogen-bond donors (Lipinski definition) is 1. The summed E-state index contributed by atoms with van der Waals surface area (Å²) in [7, 11) is 1.59. The second kappa shape index (κ2) is 11.4. The van der Waals surface area contributed by atoms with Crippen LogP contribution in [-0.4, -0.2) is 28.5 Å². The van der Waals surface area contributed by atoms with E-state index in [1.54, 1.807) is 13.2 Å². The Labute approximate surface area is 226 Å². The summed E-state index contributed by atoms with van der Waals surface area (Å²) in [5.41, 5.74) is 3.54. The minimum absolute atomic E-state index is 0.294. The van der Waals surface area contributed by atoms with Gasteiger partial charge in [0.05, 0.1) is 13.0 Å². The van der Waals surface area contributed by atoms with Gasteiger partial charge < -0.3 is 14.8 Å². The number of hydrogen-bond acceptors (Lipinski definition) is 5. The van der Waals surface area contributed by atoms with Crippen LogP contribution in [0.3, 0.4) is 0 Å². The van der Waals surface area contributed by atoms with Gasteiger partial charge in [-0.1, -0.05) is 56.5 Å². The third-order valence-electron chi connectivity index (χ3n) is 7.07. The van der Waals surface area contributed by atoms with Crippen molar-refractivity contribution in [3.63, 3.8) is 0 Å². The number of fused-ring (bicyclic) bond motifs is 1. The van der Waals surface area contributed by atoms with Crippen molar-refractivity contribution in [3.8, 4) is 22.8 Å². The molecule has 0 aliphatic heterocycles. The van der Waals surface area contributed by atoms with Crippen LogP contribution in [0.1, 0.15) is 56.9 Å². The predicted octanol–water partition coefficient (Wildman–Crippen LogP) is 7.62. The van der Waals surface area contributed by atoms with Gasteiger partial charge in [-0.05, 0) is 71.1 Å². The van der Waals surface area contributed by atoms with E-state index in [0.29, 0.717) is 24.0 Å². The van der Waals surface area contributed by atoms with E-state index in [1.165, 1.54) is 19.3 Å². The molecule has 0 bridgehead atoms. The summed E-state index contributed by atoms with van der Waals surface area (Å²) in [5, 5.41) is 3.78. The van der Waals surface area contributed by atoms with Crippen molar-refractivity contribution in [2.24, 2.45) is 0 Å². The molecule has 1 N–H and O–H groups in total. The number of aromatic nitrogens is 2. The summed E-state index contributed by atoms with van der Waals surface area (Å²) < 4.78 is 14.6. The standard InChI is InChI=1S/C30H32BrN3O3/c1-3-24(20-10-6-4-7-11-20)30(35)37-25-16-14-21(18-26(25)36-2)28-29(32-23-12-8-5-9-13-23)34-19-22(31)15-17-27(34)33-28/h4,6-7,10-11,14-19,23-24,32H,3,5,8-9,12-13H2,1-2H3. The third-order valence-corrected chi connectivity index (χ3v) is 7.54. The monoisotopic (exact) mass is 561 g/mol. The highest BCUT2D eigenvalue weighted by molar-refractivity contribution is 9.10. The Bertz CT molecular complexity index is 1380. The summed E-state index contributed by atoms with van der Waals surface area (Å²) in [6.45, 7) is 1.99. The molecular formula is C30H32BrN3O3. The van der Waals surface area contributed by atoms with E-state index in [2.05, 4.69) is 25.6 Å². The Morgan fingerprint density at radius 1 is 1.08 bits per heavy atom. The molecule has 0 amide bonds. The number of rotatable bonds is 8. The van der Waals surface area contributed by atoms with Gasteiger partial charge >= 0.3 is 5.97 Å². The van der Waals surface area contributed by atoms with Crippen molar-refractivity contribution in [3.05, 3.63) is 76.9 Å². The van der Waals surface area contributed by atoms with Crippen molar-refractivity contribution in [2.45, 2.75) is 57.4 Å². The number of imidazole rings is 1. The van der Waals surface area contributed by atoms with Gasteiger partial charge in [-0.25, -0.2) is 4.98 Å². The van der Waals surface area contributed by atoms with Gasteiger partial charge in [-0.3, -0.25) is 9.20 Å². The van der Waals surface area contributed by atoms with Crippen LogP contribution in [0.5, 0.6) is 11.5 Å². The SMILES string of the molecule is CCC(C(=O)Oc1ccc(-c2nc3ccc(Br)cn3c2NC2CCCCC2)cc1OC)c1ccccc1. The molecule has 1 unspecified atom stereocenters. The molecule has 1 aliphatic carbocycles. The lowest BCUT2D eigenvalue weighted by atomic mass is 9.95. The second-order valence-corrected chi connectivity index (χ2v) is 10.4.